The minimum Gasteiger partial charge on any atom is -0.457 e. The van der Waals surface area contributed by atoms with Crippen LogP contribution in [-0.2, 0) is 9.53 Å². The quantitative estimate of drug-likeness (QED) is 0.638. The molecular weight excluding hydrogens is 328 g/mol. The Kier molecular flexibility index (Phi) is 6.02. The number of carbonyl (C=O) groups excluding carboxylic acids is 1. The van der Waals surface area contributed by atoms with Crippen molar-refractivity contribution >= 4 is 12.0 Å². The van der Waals surface area contributed by atoms with Gasteiger partial charge in [0.05, 0.1) is 6.10 Å². The fourth-order valence-corrected chi connectivity index (χ4v) is 2.71. The molecule has 1 amide bonds. The fourth-order valence-electron chi connectivity index (χ4n) is 2.71. The molecule has 2 aromatic carbocycles. The second-order valence-electron chi connectivity index (χ2n) is 6.00. The highest BCUT2D eigenvalue weighted by molar-refractivity contribution is 6.01. The summed E-state index contributed by atoms with van der Waals surface area (Å²) in [7, 11) is 0. The molecule has 0 radical (unpaired) electrons. The number of carbonyl (C=O) groups is 1. The Morgan fingerprint density at radius 2 is 2.04 bits per heavy atom. The van der Waals surface area contributed by atoms with E-state index in [-0.39, 0.29) is 11.7 Å². The van der Waals surface area contributed by atoms with E-state index in [1.807, 2.05) is 54.6 Å². The average Bonchev–Trinajstić information content (AvgIpc) is 3.19. The molecule has 2 aromatic rings. The first-order valence-corrected chi connectivity index (χ1v) is 8.59. The molecule has 1 aliphatic heterocycles. The van der Waals surface area contributed by atoms with E-state index < -0.39 is 5.91 Å². The number of benzene rings is 2. The molecule has 5 heteroatoms. The minimum atomic E-state index is -0.391. The van der Waals surface area contributed by atoms with E-state index in [1.54, 1.807) is 12.1 Å². The summed E-state index contributed by atoms with van der Waals surface area (Å²) in [5.74, 6) is 0.975. The number of nitrogens with zero attached hydrogens (tertiary/aromatic N) is 1. The van der Waals surface area contributed by atoms with Crippen molar-refractivity contribution < 1.29 is 14.3 Å². The second-order valence-corrected chi connectivity index (χ2v) is 6.00. The summed E-state index contributed by atoms with van der Waals surface area (Å²) >= 11 is 0. The Morgan fingerprint density at radius 1 is 1.23 bits per heavy atom. The van der Waals surface area contributed by atoms with Crippen LogP contribution in [0.3, 0.4) is 0 Å². The van der Waals surface area contributed by atoms with Gasteiger partial charge in [-0.1, -0.05) is 30.3 Å². The van der Waals surface area contributed by atoms with Gasteiger partial charge in [0, 0.05) is 13.2 Å². The molecule has 0 saturated carbocycles. The Bertz CT molecular complexity index is 819. The summed E-state index contributed by atoms with van der Waals surface area (Å²) in [5.41, 5.74) is 0.780. The van der Waals surface area contributed by atoms with Gasteiger partial charge >= 0.3 is 0 Å². The second kappa shape index (κ2) is 8.84. The molecule has 1 aliphatic rings. The molecule has 26 heavy (non-hydrogen) atoms. The van der Waals surface area contributed by atoms with Crippen LogP contribution >= 0.6 is 0 Å². The summed E-state index contributed by atoms with van der Waals surface area (Å²) in [5, 5.41) is 12.1. The Hall–Kier alpha value is -3.10. The summed E-state index contributed by atoms with van der Waals surface area (Å²) in [4.78, 5) is 12.2. The number of amides is 1. The van der Waals surface area contributed by atoms with E-state index in [1.165, 1.54) is 0 Å². The SMILES string of the molecule is N#CC(=Cc1cccc(Oc2ccccc2)c1)C(=O)NCC1CCCO1. The van der Waals surface area contributed by atoms with E-state index in [0.717, 1.165) is 30.8 Å². The first-order valence-electron chi connectivity index (χ1n) is 8.59. The van der Waals surface area contributed by atoms with E-state index in [2.05, 4.69) is 5.32 Å². The van der Waals surface area contributed by atoms with Crippen LogP contribution in [0.15, 0.2) is 60.2 Å². The molecule has 0 aliphatic carbocycles. The van der Waals surface area contributed by atoms with Gasteiger partial charge in [-0.05, 0) is 48.7 Å². The van der Waals surface area contributed by atoms with Crippen molar-refractivity contribution in [3.63, 3.8) is 0 Å². The number of hydrogen-bond donors (Lipinski definition) is 1. The number of rotatable bonds is 6. The average molecular weight is 348 g/mol. The van der Waals surface area contributed by atoms with Crippen molar-refractivity contribution in [2.24, 2.45) is 0 Å². The van der Waals surface area contributed by atoms with Gasteiger partial charge < -0.3 is 14.8 Å². The van der Waals surface area contributed by atoms with Gasteiger partial charge in [0.15, 0.2) is 0 Å². The Morgan fingerprint density at radius 3 is 2.77 bits per heavy atom. The first kappa shape index (κ1) is 17.7. The monoisotopic (exact) mass is 348 g/mol. The van der Waals surface area contributed by atoms with Crippen LogP contribution < -0.4 is 10.1 Å². The standard InChI is InChI=1S/C21H20N2O3/c22-14-17(21(24)23-15-20-10-5-11-25-20)12-16-6-4-9-19(13-16)26-18-7-2-1-3-8-18/h1-4,6-9,12-13,20H,5,10-11,15H2,(H,23,24). The van der Waals surface area contributed by atoms with Crippen molar-refractivity contribution in [2.45, 2.75) is 18.9 Å². The number of nitrogens with one attached hydrogen (secondary N) is 1. The van der Waals surface area contributed by atoms with E-state index in [9.17, 15) is 10.1 Å². The lowest BCUT2D eigenvalue weighted by atomic mass is 10.1. The van der Waals surface area contributed by atoms with Crippen LogP contribution in [0.5, 0.6) is 11.5 Å². The summed E-state index contributed by atoms with van der Waals surface area (Å²) in [6.45, 7) is 1.16. The Labute approximate surface area is 152 Å². The molecule has 0 aromatic heterocycles. The highest BCUT2D eigenvalue weighted by Gasteiger charge is 2.17. The van der Waals surface area contributed by atoms with Gasteiger partial charge in [0.1, 0.15) is 23.1 Å². The maximum atomic E-state index is 12.2. The van der Waals surface area contributed by atoms with Crippen LogP contribution in [-0.4, -0.2) is 25.2 Å². The number of nitriles is 1. The molecule has 0 bridgehead atoms. The predicted octanol–water partition coefficient (Wildman–Crippen LogP) is 3.68. The minimum absolute atomic E-state index is 0.0430. The van der Waals surface area contributed by atoms with Crippen LogP contribution in [0.4, 0.5) is 0 Å². The van der Waals surface area contributed by atoms with Gasteiger partial charge in [-0.15, -0.1) is 0 Å². The van der Waals surface area contributed by atoms with E-state index >= 15 is 0 Å². The lowest BCUT2D eigenvalue weighted by molar-refractivity contribution is -0.117. The molecule has 1 atom stereocenters. The molecule has 5 nitrogen and oxygen atoms in total. The topological polar surface area (TPSA) is 71.3 Å². The maximum absolute atomic E-state index is 12.2. The third-order valence-electron chi connectivity index (χ3n) is 4.03. The third-order valence-corrected chi connectivity index (χ3v) is 4.03. The zero-order valence-electron chi connectivity index (χ0n) is 14.4. The summed E-state index contributed by atoms with van der Waals surface area (Å²) < 4.78 is 11.3. The Balaban J connectivity index is 1.67. The van der Waals surface area contributed by atoms with Crippen LogP contribution in [0.25, 0.3) is 6.08 Å². The normalized spacial score (nSPS) is 16.7. The highest BCUT2D eigenvalue weighted by Crippen LogP contribution is 2.22. The van der Waals surface area contributed by atoms with Crippen molar-refractivity contribution in [1.82, 2.24) is 5.32 Å². The number of ether oxygens (including phenoxy) is 2. The molecule has 3 rings (SSSR count). The molecule has 1 unspecified atom stereocenters. The zero-order valence-corrected chi connectivity index (χ0v) is 14.4. The van der Waals surface area contributed by atoms with E-state index in [4.69, 9.17) is 9.47 Å². The van der Waals surface area contributed by atoms with Crippen LogP contribution in [0.2, 0.25) is 0 Å². The van der Waals surface area contributed by atoms with Crippen LogP contribution in [0, 0.1) is 11.3 Å². The molecular formula is C21H20N2O3. The molecule has 0 spiro atoms. The first-order chi connectivity index (χ1) is 12.7. The van der Waals surface area contributed by atoms with Crippen LogP contribution in [0.1, 0.15) is 18.4 Å². The summed E-state index contributed by atoms with van der Waals surface area (Å²) in [6, 6.07) is 18.7. The van der Waals surface area contributed by atoms with Crippen molar-refractivity contribution in [1.29, 1.82) is 5.26 Å². The zero-order chi connectivity index (χ0) is 18.2. The molecule has 132 valence electrons. The van der Waals surface area contributed by atoms with Crippen molar-refractivity contribution in [2.75, 3.05) is 13.2 Å². The van der Waals surface area contributed by atoms with Gasteiger partial charge in [0.25, 0.3) is 5.91 Å². The molecule has 1 heterocycles. The smallest absolute Gasteiger partial charge is 0.262 e. The molecule has 1 fully saturated rings. The van der Waals surface area contributed by atoms with Crippen molar-refractivity contribution in [3.05, 3.63) is 65.7 Å². The number of hydrogen-bond acceptors (Lipinski definition) is 4. The van der Waals surface area contributed by atoms with Crippen molar-refractivity contribution in [3.8, 4) is 17.6 Å². The summed E-state index contributed by atoms with van der Waals surface area (Å²) in [6.07, 6.45) is 3.55. The van der Waals surface area contributed by atoms with Gasteiger partial charge in [-0.2, -0.15) is 5.26 Å². The van der Waals surface area contributed by atoms with Gasteiger partial charge in [-0.25, -0.2) is 0 Å². The van der Waals surface area contributed by atoms with E-state index in [0.29, 0.717) is 12.3 Å². The van der Waals surface area contributed by atoms with Gasteiger partial charge in [0.2, 0.25) is 0 Å². The largest absolute Gasteiger partial charge is 0.457 e. The maximum Gasteiger partial charge on any atom is 0.262 e. The lowest BCUT2D eigenvalue weighted by Crippen LogP contribution is -2.32. The molecule has 1 N–H and O–H groups in total. The molecule has 1 saturated heterocycles. The number of para-hydroxylation sites is 1. The van der Waals surface area contributed by atoms with Gasteiger partial charge in [-0.3, -0.25) is 4.79 Å². The fraction of sp³-hybridized carbons (Fsp3) is 0.238. The lowest BCUT2D eigenvalue weighted by Gasteiger charge is -2.10. The highest BCUT2D eigenvalue weighted by atomic mass is 16.5. The predicted molar refractivity (Wildman–Crippen MR) is 98.5 cm³/mol. The third kappa shape index (κ3) is 4.95.